The molecule has 0 saturated carbocycles. The highest BCUT2D eigenvalue weighted by atomic mass is 79.9. The van der Waals surface area contributed by atoms with Gasteiger partial charge >= 0.3 is 0 Å². The minimum atomic E-state index is -0.508. The zero-order chi connectivity index (χ0) is 23.1. The number of carbonyl (C=O) groups is 1. The summed E-state index contributed by atoms with van der Waals surface area (Å²) < 4.78 is 12.3. The molecule has 0 aliphatic heterocycles. The van der Waals surface area contributed by atoms with E-state index in [-0.39, 0.29) is 12.2 Å². The summed E-state index contributed by atoms with van der Waals surface area (Å²) in [4.78, 5) is 12.6. The van der Waals surface area contributed by atoms with Gasteiger partial charge in [-0.1, -0.05) is 63.9 Å². The van der Waals surface area contributed by atoms with Crippen molar-refractivity contribution in [2.24, 2.45) is 0 Å². The summed E-state index contributed by atoms with van der Waals surface area (Å²) in [6.07, 6.45) is 1.46. The van der Waals surface area contributed by atoms with Crippen LogP contribution < -0.4 is 14.8 Å². The minimum Gasteiger partial charge on any atom is -0.493 e. The molecule has 3 rings (SSSR count). The molecule has 1 N–H and O–H groups in total. The van der Waals surface area contributed by atoms with Crippen molar-refractivity contribution in [3.05, 3.63) is 92.4 Å². The standard InChI is InChI=1S/C25H20BrClN2O3/c1-16-7-3-6-10-22(16)29-25(30)19(14-28)11-17-12-21(27)24(23(13-17)31-2)32-15-18-8-4-5-9-20(18)26/h3-13H,15H2,1-2H3,(H,29,30)/b19-11+. The average Bonchev–Trinajstić information content (AvgIpc) is 2.78. The molecule has 0 aliphatic carbocycles. The number of nitrogens with zero attached hydrogens (tertiary/aromatic N) is 1. The van der Waals surface area contributed by atoms with Gasteiger partial charge in [-0.2, -0.15) is 5.26 Å². The first kappa shape index (κ1) is 23.4. The summed E-state index contributed by atoms with van der Waals surface area (Å²) in [6, 6.07) is 20.3. The molecule has 0 fully saturated rings. The second kappa shape index (κ2) is 10.9. The summed E-state index contributed by atoms with van der Waals surface area (Å²) in [5, 5.41) is 12.6. The SMILES string of the molecule is COc1cc(/C=C(\C#N)C(=O)Nc2ccccc2C)cc(Cl)c1OCc1ccccc1Br. The van der Waals surface area contributed by atoms with Crippen LogP contribution in [0.1, 0.15) is 16.7 Å². The van der Waals surface area contributed by atoms with Crippen LogP contribution in [0.2, 0.25) is 5.02 Å². The molecule has 0 radical (unpaired) electrons. The lowest BCUT2D eigenvalue weighted by Gasteiger charge is -2.14. The molecule has 0 saturated heterocycles. The highest BCUT2D eigenvalue weighted by Crippen LogP contribution is 2.38. The Morgan fingerprint density at radius 3 is 2.59 bits per heavy atom. The Kier molecular flexibility index (Phi) is 7.93. The lowest BCUT2D eigenvalue weighted by atomic mass is 10.1. The largest absolute Gasteiger partial charge is 0.493 e. The fourth-order valence-electron chi connectivity index (χ4n) is 2.95. The fourth-order valence-corrected chi connectivity index (χ4v) is 3.62. The van der Waals surface area contributed by atoms with Crippen molar-refractivity contribution in [1.82, 2.24) is 0 Å². The van der Waals surface area contributed by atoms with Crippen molar-refractivity contribution >= 4 is 45.2 Å². The molecule has 162 valence electrons. The number of nitrogens with one attached hydrogen (secondary N) is 1. The van der Waals surface area contributed by atoms with Crippen LogP contribution in [0.15, 0.2) is 70.7 Å². The number of aryl methyl sites for hydroxylation is 1. The Bertz CT molecular complexity index is 1220. The van der Waals surface area contributed by atoms with E-state index >= 15 is 0 Å². The van der Waals surface area contributed by atoms with E-state index in [0.717, 1.165) is 15.6 Å². The van der Waals surface area contributed by atoms with Crippen LogP contribution in [0.5, 0.6) is 11.5 Å². The number of amides is 1. The van der Waals surface area contributed by atoms with Crippen molar-refractivity contribution in [2.75, 3.05) is 12.4 Å². The highest BCUT2D eigenvalue weighted by Gasteiger charge is 2.15. The quantitative estimate of drug-likeness (QED) is 0.289. The van der Waals surface area contributed by atoms with Gasteiger partial charge in [0.05, 0.1) is 12.1 Å². The van der Waals surface area contributed by atoms with Crippen molar-refractivity contribution in [1.29, 1.82) is 5.26 Å². The van der Waals surface area contributed by atoms with Gasteiger partial charge in [-0.25, -0.2) is 0 Å². The summed E-state index contributed by atoms with van der Waals surface area (Å²) >= 11 is 9.94. The topological polar surface area (TPSA) is 71.3 Å². The van der Waals surface area contributed by atoms with Crippen molar-refractivity contribution < 1.29 is 14.3 Å². The number of ether oxygens (including phenoxy) is 2. The second-order valence-electron chi connectivity index (χ2n) is 6.85. The molecule has 1 amide bonds. The van der Waals surface area contributed by atoms with E-state index in [1.165, 1.54) is 13.2 Å². The van der Waals surface area contributed by atoms with Crippen LogP contribution in [-0.2, 0) is 11.4 Å². The van der Waals surface area contributed by atoms with Gasteiger partial charge in [-0.15, -0.1) is 0 Å². The number of rotatable bonds is 7. The van der Waals surface area contributed by atoms with Crippen LogP contribution in [0.25, 0.3) is 6.08 Å². The molecule has 0 bridgehead atoms. The molecule has 32 heavy (non-hydrogen) atoms. The van der Waals surface area contributed by atoms with Crippen molar-refractivity contribution in [3.63, 3.8) is 0 Å². The molecule has 0 aromatic heterocycles. The zero-order valence-electron chi connectivity index (χ0n) is 17.5. The number of benzene rings is 3. The van der Waals surface area contributed by atoms with Crippen molar-refractivity contribution in [2.45, 2.75) is 13.5 Å². The average molecular weight is 512 g/mol. The van der Waals surface area contributed by atoms with Crippen molar-refractivity contribution in [3.8, 4) is 17.6 Å². The van der Waals surface area contributed by atoms with Crippen LogP contribution in [-0.4, -0.2) is 13.0 Å². The molecule has 0 aliphatic rings. The first-order chi connectivity index (χ1) is 15.4. The molecule has 0 atom stereocenters. The van der Waals surface area contributed by atoms with Crippen LogP contribution in [0, 0.1) is 18.3 Å². The van der Waals surface area contributed by atoms with E-state index < -0.39 is 5.91 Å². The Labute approximate surface area is 200 Å². The molecular formula is C25H20BrClN2O3. The number of hydrogen-bond donors (Lipinski definition) is 1. The predicted octanol–water partition coefficient (Wildman–Crippen LogP) is 6.54. The summed E-state index contributed by atoms with van der Waals surface area (Å²) in [5.41, 5.74) is 2.97. The lowest BCUT2D eigenvalue weighted by Crippen LogP contribution is -2.14. The third-order valence-electron chi connectivity index (χ3n) is 4.65. The number of methoxy groups -OCH3 is 1. The number of para-hydroxylation sites is 1. The maximum absolute atomic E-state index is 12.6. The summed E-state index contributed by atoms with van der Waals surface area (Å²) in [5.74, 6) is 0.267. The number of carbonyl (C=O) groups excluding carboxylic acids is 1. The number of nitriles is 1. The van der Waals surface area contributed by atoms with E-state index in [0.29, 0.717) is 27.8 Å². The molecule has 3 aromatic carbocycles. The number of anilines is 1. The maximum Gasteiger partial charge on any atom is 0.266 e. The van der Waals surface area contributed by atoms with E-state index in [2.05, 4.69) is 21.2 Å². The Morgan fingerprint density at radius 2 is 1.91 bits per heavy atom. The molecule has 7 heteroatoms. The Hall–Kier alpha value is -3.27. The summed E-state index contributed by atoms with van der Waals surface area (Å²) in [6.45, 7) is 2.16. The van der Waals surface area contributed by atoms with Gasteiger partial charge in [0.1, 0.15) is 18.2 Å². The normalized spacial score (nSPS) is 10.9. The highest BCUT2D eigenvalue weighted by molar-refractivity contribution is 9.10. The van der Waals surface area contributed by atoms with E-state index in [9.17, 15) is 10.1 Å². The predicted molar refractivity (Wildman–Crippen MR) is 130 cm³/mol. The maximum atomic E-state index is 12.6. The smallest absolute Gasteiger partial charge is 0.266 e. The Morgan fingerprint density at radius 1 is 1.19 bits per heavy atom. The van der Waals surface area contributed by atoms with Gasteiger partial charge in [0.15, 0.2) is 11.5 Å². The third-order valence-corrected chi connectivity index (χ3v) is 5.71. The lowest BCUT2D eigenvalue weighted by molar-refractivity contribution is -0.112. The fraction of sp³-hybridized carbons (Fsp3) is 0.120. The first-order valence-corrected chi connectivity index (χ1v) is 10.8. The monoisotopic (exact) mass is 510 g/mol. The zero-order valence-corrected chi connectivity index (χ0v) is 19.8. The molecule has 0 heterocycles. The Balaban J connectivity index is 1.84. The minimum absolute atomic E-state index is 0.0618. The molecular weight excluding hydrogens is 492 g/mol. The molecule has 3 aromatic rings. The van der Waals surface area contributed by atoms with Gasteiger partial charge in [0, 0.05) is 15.7 Å². The van der Waals surface area contributed by atoms with Gasteiger partial charge in [-0.05, 0) is 48.4 Å². The van der Waals surface area contributed by atoms with E-state index in [1.54, 1.807) is 18.2 Å². The number of hydrogen-bond acceptors (Lipinski definition) is 4. The van der Waals surface area contributed by atoms with Crippen LogP contribution in [0.4, 0.5) is 5.69 Å². The second-order valence-corrected chi connectivity index (χ2v) is 8.11. The summed E-state index contributed by atoms with van der Waals surface area (Å²) in [7, 11) is 1.50. The third kappa shape index (κ3) is 5.70. The van der Waals surface area contributed by atoms with Crippen LogP contribution >= 0.6 is 27.5 Å². The van der Waals surface area contributed by atoms with E-state index in [1.807, 2.05) is 55.5 Å². The van der Waals surface area contributed by atoms with Gasteiger partial charge < -0.3 is 14.8 Å². The molecule has 0 unspecified atom stereocenters. The first-order valence-electron chi connectivity index (χ1n) is 9.65. The van der Waals surface area contributed by atoms with Gasteiger partial charge in [-0.3, -0.25) is 4.79 Å². The number of halogens is 2. The van der Waals surface area contributed by atoms with Crippen LogP contribution in [0.3, 0.4) is 0 Å². The van der Waals surface area contributed by atoms with E-state index in [4.69, 9.17) is 21.1 Å². The molecule has 0 spiro atoms. The van der Waals surface area contributed by atoms with Gasteiger partial charge in [0.25, 0.3) is 5.91 Å². The molecule has 5 nitrogen and oxygen atoms in total. The van der Waals surface area contributed by atoms with Gasteiger partial charge in [0.2, 0.25) is 0 Å².